The molecule has 3 aromatic heterocycles. The van der Waals surface area contributed by atoms with Crippen LogP contribution in [0.25, 0.3) is 10.8 Å². The Kier molecular flexibility index (Phi) is 5.76. The Balaban J connectivity index is 1.31. The zero-order chi connectivity index (χ0) is 22.1. The van der Waals surface area contributed by atoms with Gasteiger partial charge in [0.2, 0.25) is 5.88 Å². The summed E-state index contributed by atoms with van der Waals surface area (Å²) < 4.78 is 2.48. The number of pyridine rings is 1. The highest BCUT2D eigenvalue weighted by molar-refractivity contribution is 7.18. The van der Waals surface area contributed by atoms with E-state index in [-0.39, 0.29) is 11.8 Å². The number of hydrogen-bond donors (Lipinski definition) is 2. The van der Waals surface area contributed by atoms with Crippen LogP contribution in [-0.2, 0) is 6.54 Å². The largest absolute Gasteiger partial charge is 0.494 e. The van der Waals surface area contributed by atoms with Gasteiger partial charge in [-0.25, -0.2) is 0 Å². The van der Waals surface area contributed by atoms with Gasteiger partial charge in [-0.05, 0) is 49.1 Å². The van der Waals surface area contributed by atoms with Crippen LogP contribution in [-0.4, -0.2) is 33.7 Å². The van der Waals surface area contributed by atoms with E-state index in [1.807, 2.05) is 53.5 Å². The van der Waals surface area contributed by atoms with Gasteiger partial charge in [0.25, 0.3) is 5.91 Å². The Hall–Kier alpha value is -3.03. The van der Waals surface area contributed by atoms with Crippen LogP contribution in [0.4, 0.5) is 11.4 Å². The predicted octanol–water partition coefficient (Wildman–Crippen LogP) is 5.63. The molecule has 4 heterocycles. The zero-order valence-corrected chi connectivity index (χ0v) is 18.9. The van der Waals surface area contributed by atoms with E-state index in [4.69, 9.17) is 11.6 Å². The van der Waals surface area contributed by atoms with Gasteiger partial charge >= 0.3 is 0 Å². The fourth-order valence-corrected chi connectivity index (χ4v) is 5.31. The third kappa shape index (κ3) is 4.18. The topological polar surface area (TPSA) is 70.4 Å². The quantitative estimate of drug-likeness (QED) is 0.400. The van der Waals surface area contributed by atoms with Gasteiger partial charge in [-0.2, -0.15) is 0 Å². The highest BCUT2D eigenvalue weighted by Crippen LogP contribution is 2.36. The Morgan fingerprint density at radius 3 is 2.66 bits per heavy atom. The highest BCUT2D eigenvalue weighted by atomic mass is 35.5. The van der Waals surface area contributed by atoms with Gasteiger partial charge in [0.05, 0.1) is 20.3 Å². The van der Waals surface area contributed by atoms with E-state index >= 15 is 0 Å². The van der Waals surface area contributed by atoms with Crippen LogP contribution >= 0.6 is 22.9 Å². The lowest BCUT2D eigenvalue weighted by atomic mass is 9.96. The lowest BCUT2D eigenvalue weighted by Crippen LogP contribution is -2.34. The van der Waals surface area contributed by atoms with Gasteiger partial charge in [-0.15, -0.1) is 11.3 Å². The van der Waals surface area contributed by atoms with Crippen LogP contribution in [0.3, 0.4) is 0 Å². The third-order valence-corrected chi connectivity index (χ3v) is 7.26. The van der Waals surface area contributed by atoms with Gasteiger partial charge < -0.3 is 19.9 Å². The number of aromatic hydroxyl groups is 1. The standard InChI is InChI=1S/C24H23ClN4O2S/c25-21-5-4-20(32-21)23(30)27-19-3-1-2-17-15-29(24(31)22(17)19)14-16-8-12-28(13-9-16)18-6-10-26-11-7-18/h1-7,10-11,15-16,31H,8-9,12-14H2,(H,27,30). The van der Waals surface area contributed by atoms with Gasteiger partial charge in [-0.3, -0.25) is 9.78 Å². The van der Waals surface area contributed by atoms with Crippen molar-refractivity contribution in [3.05, 3.63) is 70.3 Å². The number of amides is 1. The number of fused-ring (bicyclic) bond motifs is 1. The smallest absolute Gasteiger partial charge is 0.265 e. The van der Waals surface area contributed by atoms with Crippen molar-refractivity contribution in [2.75, 3.05) is 23.3 Å². The molecule has 4 aromatic rings. The molecule has 0 aliphatic carbocycles. The average molecular weight is 467 g/mol. The van der Waals surface area contributed by atoms with E-state index in [9.17, 15) is 9.90 Å². The first-order valence-electron chi connectivity index (χ1n) is 10.6. The van der Waals surface area contributed by atoms with Crippen molar-refractivity contribution >= 4 is 51.0 Å². The number of aromatic nitrogens is 2. The van der Waals surface area contributed by atoms with Gasteiger partial charge in [0, 0.05) is 49.3 Å². The highest BCUT2D eigenvalue weighted by Gasteiger charge is 2.22. The molecule has 32 heavy (non-hydrogen) atoms. The van der Waals surface area contributed by atoms with E-state index in [1.165, 1.54) is 17.0 Å². The van der Waals surface area contributed by atoms with E-state index in [0.717, 1.165) is 37.9 Å². The van der Waals surface area contributed by atoms with E-state index in [1.54, 1.807) is 12.1 Å². The first-order valence-corrected chi connectivity index (χ1v) is 11.8. The van der Waals surface area contributed by atoms with Crippen LogP contribution in [0.1, 0.15) is 22.5 Å². The molecule has 1 aliphatic rings. The third-order valence-electron chi connectivity index (χ3n) is 6.03. The van der Waals surface area contributed by atoms with Crippen molar-refractivity contribution in [2.24, 2.45) is 5.92 Å². The predicted molar refractivity (Wildman–Crippen MR) is 130 cm³/mol. The molecule has 1 saturated heterocycles. The Morgan fingerprint density at radius 1 is 1.16 bits per heavy atom. The number of benzene rings is 1. The summed E-state index contributed by atoms with van der Waals surface area (Å²) in [5.41, 5.74) is 1.81. The summed E-state index contributed by atoms with van der Waals surface area (Å²) in [6.45, 7) is 2.72. The van der Waals surface area contributed by atoms with Crippen LogP contribution in [0.5, 0.6) is 5.88 Å². The number of rotatable bonds is 5. The van der Waals surface area contributed by atoms with E-state index < -0.39 is 0 Å². The number of carbonyl (C=O) groups is 1. The molecule has 164 valence electrons. The van der Waals surface area contributed by atoms with Crippen LogP contribution < -0.4 is 10.2 Å². The van der Waals surface area contributed by atoms with Crippen molar-refractivity contribution in [3.8, 4) is 5.88 Å². The molecule has 6 nitrogen and oxygen atoms in total. The SMILES string of the molecule is O=C(Nc1cccc2cn(CC3CCN(c4ccncc4)CC3)c(O)c12)c1ccc(Cl)s1. The molecule has 5 rings (SSSR count). The fourth-order valence-electron chi connectivity index (χ4n) is 4.37. The van der Waals surface area contributed by atoms with Gasteiger partial charge in [0.1, 0.15) is 0 Å². The molecule has 1 amide bonds. The van der Waals surface area contributed by atoms with Crippen molar-refractivity contribution in [1.29, 1.82) is 0 Å². The number of nitrogens with zero attached hydrogens (tertiary/aromatic N) is 3. The van der Waals surface area contributed by atoms with E-state index in [0.29, 0.717) is 26.2 Å². The van der Waals surface area contributed by atoms with Crippen LogP contribution in [0.2, 0.25) is 4.34 Å². The number of hydrogen-bond acceptors (Lipinski definition) is 5. The second-order valence-electron chi connectivity index (χ2n) is 8.07. The lowest BCUT2D eigenvalue weighted by molar-refractivity contribution is 0.103. The molecule has 0 bridgehead atoms. The van der Waals surface area contributed by atoms with Crippen molar-refractivity contribution in [2.45, 2.75) is 19.4 Å². The average Bonchev–Trinajstić information content (AvgIpc) is 3.39. The number of anilines is 2. The summed E-state index contributed by atoms with van der Waals surface area (Å²) in [7, 11) is 0. The summed E-state index contributed by atoms with van der Waals surface area (Å²) in [5.74, 6) is 0.439. The number of piperidine rings is 1. The number of carbonyl (C=O) groups excluding carboxylic acids is 1. The maximum atomic E-state index is 12.6. The molecule has 1 aromatic carbocycles. The molecule has 1 fully saturated rings. The Bertz CT molecular complexity index is 1250. The molecule has 0 saturated carbocycles. The molecular weight excluding hydrogens is 444 g/mol. The molecule has 1 aliphatic heterocycles. The summed E-state index contributed by atoms with van der Waals surface area (Å²) in [6, 6.07) is 13.1. The molecule has 0 radical (unpaired) electrons. The summed E-state index contributed by atoms with van der Waals surface area (Å²) in [4.78, 5) is 19.6. The van der Waals surface area contributed by atoms with Gasteiger partial charge in [-0.1, -0.05) is 23.7 Å². The van der Waals surface area contributed by atoms with E-state index in [2.05, 4.69) is 15.2 Å². The molecular formula is C24H23ClN4O2S. The molecule has 0 unspecified atom stereocenters. The normalized spacial score (nSPS) is 14.7. The second kappa shape index (κ2) is 8.84. The summed E-state index contributed by atoms with van der Waals surface area (Å²) in [6.07, 6.45) is 7.73. The van der Waals surface area contributed by atoms with Crippen molar-refractivity contribution in [1.82, 2.24) is 9.55 Å². The first-order chi connectivity index (χ1) is 15.6. The van der Waals surface area contributed by atoms with Crippen LogP contribution in [0.15, 0.2) is 61.1 Å². The monoisotopic (exact) mass is 466 g/mol. The summed E-state index contributed by atoms with van der Waals surface area (Å²) in [5, 5.41) is 15.5. The summed E-state index contributed by atoms with van der Waals surface area (Å²) >= 11 is 7.19. The zero-order valence-electron chi connectivity index (χ0n) is 17.4. The van der Waals surface area contributed by atoms with Gasteiger partial charge in [0.15, 0.2) is 0 Å². The number of thiophene rings is 1. The Labute approximate surface area is 195 Å². The number of nitrogens with one attached hydrogen (secondary N) is 1. The first kappa shape index (κ1) is 20.8. The molecule has 0 spiro atoms. The Morgan fingerprint density at radius 2 is 1.94 bits per heavy atom. The second-order valence-corrected chi connectivity index (χ2v) is 9.78. The van der Waals surface area contributed by atoms with Crippen LogP contribution in [0, 0.1) is 5.92 Å². The maximum absolute atomic E-state index is 12.6. The minimum Gasteiger partial charge on any atom is -0.494 e. The lowest BCUT2D eigenvalue weighted by Gasteiger charge is -2.33. The minimum atomic E-state index is -0.231. The molecule has 0 atom stereocenters. The maximum Gasteiger partial charge on any atom is 0.265 e. The number of halogens is 1. The minimum absolute atomic E-state index is 0.191. The molecule has 8 heteroatoms. The fraction of sp³-hybridized carbons (Fsp3) is 0.250. The van der Waals surface area contributed by atoms with Crippen molar-refractivity contribution < 1.29 is 9.90 Å². The molecule has 2 N–H and O–H groups in total. The van der Waals surface area contributed by atoms with Crippen molar-refractivity contribution in [3.63, 3.8) is 0 Å².